The standard InChI is InChI=1S/C12H9F3N6S/c1-21-3-2-17-10(21)6-4-8(16)20-9(18-6)11-19-7(5-22-11)12(13,14)15/h2-5H,1H3,(H2,16,18,20). The first-order valence-corrected chi connectivity index (χ1v) is 6.88. The van der Waals surface area contributed by atoms with Crippen molar-refractivity contribution in [1.29, 1.82) is 0 Å². The number of aromatic nitrogens is 5. The fourth-order valence-corrected chi connectivity index (χ4v) is 2.55. The summed E-state index contributed by atoms with van der Waals surface area (Å²) >= 11 is 0.809. The Morgan fingerprint density at radius 3 is 2.59 bits per heavy atom. The van der Waals surface area contributed by atoms with Crippen LogP contribution in [0.15, 0.2) is 23.8 Å². The van der Waals surface area contributed by atoms with Crippen LogP contribution in [0.1, 0.15) is 5.69 Å². The van der Waals surface area contributed by atoms with Crippen molar-refractivity contribution in [2.75, 3.05) is 5.73 Å². The van der Waals surface area contributed by atoms with Gasteiger partial charge >= 0.3 is 6.18 Å². The largest absolute Gasteiger partial charge is 0.434 e. The van der Waals surface area contributed by atoms with Crippen LogP contribution in [0, 0.1) is 0 Å². The Bertz CT molecular complexity index is 822. The van der Waals surface area contributed by atoms with Gasteiger partial charge in [0.25, 0.3) is 0 Å². The molecule has 22 heavy (non-hydrogen) atoms. The fraction of sp³-hybridized carbons (Fsp3) is 0.167. The van der Waals surface area contributed by atoms with E-state index in [1.165, 1.54) is 6.07 Å². The van der Waals surface area contributed by atoms with Gasteiger partial charge in [0.1, 0.15) is 11.5 Å². The molecule has 0 radical (unpaired) electrons. The molecule has 0 aliphatic rings. The number of thiazole rings is 1. The summed E-state index contributed by atoms with van der Waals surface area (Å²) in [6.07, 6.45) is -1.20. The molecule has 114 valence electrons. The number of imidazole rings is 1. The van der Waals surface area contributed by atoms with Crippen molar-refractivity contribution < 1.29 is 13.2 Å². The van der Waals surface area contributed by atoms with E-state index >= 15 is 0 Å². The minimum absolute atomic E-state index is 0.0403. The molecule has 3 aromatic rings. The number of nitrogens with zero attached hydrogens (tertiary/aromatic N) is 5. The lowest BCUT2D eigenvalue weighted by molar-refractivity contribution is -0.140. The number of rotatable bonds is 2. The van der Waals surface area contributed by atoms with Crippen molar-refractivity contribution >= 4 is 17.2 Å². The van der Waals surface area contributed by atoms with Crippen LogP contribution in [0.4, 0.5) is 19.0 Å². The summed E-state index contributed by atoms with van der Waals surface area (Å²) in [4.78, 5) is 15.8. The molecule has 0 saturated heterocycles. The van der Waals surface area contributed by atoms with Gasteiger partial charge in [0, 0.05) is 30.9 Å². The summed E-state index contributed by atoms with van der Waals surface area (Å²) < 4.78 is 39.6. The maximum atomic E-state index is 12.6. The van der Waals surface area contributed by atoms with Crippen LogP contribution in [0.2, 0.25) is 0 Å². The van der Waals surface area contributed by atoms with Gasteiger partial charge in [-0.1, -0.05) is 0 Å². The Labute approximate surface area is 126 Å². The molecular weight excluding hydrogens is 317 g/mol. The van der Waals surface area contributed by atoms with Gasteiger partial charge in [-0.25, -0.2) is 19.9 Å². The summed E-state index contributed by atoms with van der Waals surface area (Å²) in [5.41, 5.74) is 5.15. The number of hydrogen-bond donors (Lipinski definition) is 1. The number of aryl methyl sites for hydroxylation is 1. The van der Waals surface area contributed by atoms with Crippen LogP contribution >= 0.6 is 11.3 Å². The van der Waals surface area contributed by atoms with Crippen LogP contribution in [0.3, 0.4) is 0 Å². The Balaban J connectivity index is 2.07. The van der Waals surface area contributed by atoms with E-state index < -0.39 is 11.9 Å². The zero-order chi connectivity index (χ0) is 15.9. The zero-order valence-electron chi connectivity index (χ0n) is 11.2. The Kier molecular flexibility index (Phi) is 3.32. The van der Waals surface area contributed by atoms with Crippen LogP contribution in [-0.4, -0.2) is 24.5 Å². The van der Waals surface area contributed by atoms with E-state index in [4.69, 9.17) is 5.73 Å². The first-order valence-electron chi connectivity index (χ1n) is 6.00. The molecule has 3 rings (SSSR count). The highest BCUT2D eigenvalue weighted by atomic mass is 32.1. The van der Waals surface area contributed by atoms with Crippen molar-refractivity contribution in [2.24, 2.45) is 7.05 Å². The summed E-state index contributed by atoms with van der Waals surface area (Å²) in [5, 5.41) is 0.970. The number of nitrogen functional groups attached to an aromatic ring is 1. The number of anilines is 1. The topological polar surface area (TPSA) is 82.5 Å². The molecule has 3 aromatic heterocycles. The van der Waals surface area contributed by atoms with Crippen molar-refractivity contribution in [3.63, 3.8) is 0 Å². The highest BCUT2D eigenvalue weighted by Crippen LogP contribution is 2.33. The maximum absolute atomic E-state index is 12.6. The lowest BCUT2D eigenvalue weighted by Crippen LogP contribution is -2.05. The minimum atomic E-state index is -4.50. The van der Waals surface area contributed by atoms with Crippen molar-refractivity contribution in [1.82, 2.24) is 24.5 Å². The highest BCUT2D eigenvalue weighted by molar-refractivity contribution is 7.13. The SMILES string of the molecule is Cn1ccnc1-c1cc(N)nc(-c2nc(C(F)(F)F)cs2)n1. The lowest BCUT2D eigenvalue weighted by Gasteiger charge is -2.04. The van der Waals surface area contributed by atoms with Gasteiger partial charge in [-0.2, -0.15) is 13.2 Å². The number of alkyl halides is 3. The zero-order valence-corrected chi connectivity index (χ0v) is 12.0. The third-order valence-corrected chi connectivity index (χ3v) is 3.62. The molecule has 0 aliphatic heterocycles. The second kappa shape index (κ2) is 5.05. The number of nitrogens with two attached hydrogens (primary N) is 1. The van der Waals surface area contributed by atoms with Gasteiger partial charge in [0.15, 0.2) is 22.4 Å². The molecular formula is C12H9F3N6S. The molecule has 0 amide bonds. The molecule has 0 atom stereocenters. The van der Waals surface area contributed by atoms with E-state index in [0.717, 1.165) is 16.7 Å². The van der Waals surface area contributed by atoms with E-state index in [0.29, 0.717) is 11.5 Å². The lowest BCUT2D eigenvalue weighted by atomic mass is 10.3. The van der Waals surface area contributed by atoms with Crippen molar-refractivity contribution in [2.45, 2.75) is 6.18 Å². The molecule has 0 spiro atoms. The van der Waals surface area contributed by atoms with Gasteiger partial charge < -0.3 is 10.3 Å². The van der Waals surface area contributed by atoms with Crippen LogP contribution in [0.25, 0.3) is 22.4 Å². The van der Waals surface area contributed by atoms with Crippen LogP contribution < -0.4 is 5.73 Å². The Morgan fingerprint density at radius 1 is 1.23 bits per heavy atom. The summed E-state index contributed by atoms with van der Waals surface area (Å²) in [6.45, 7) is 0. The first-order chi connectivity index (χ1) is 10.3. The van der Waals surface area contributed by atoms with Gasteiger partial charge in [0.05, 0.1) is 0 Å². The van der Waals surface area contributed by atoms with E-state index in [1.807, 2.05) is 0 Å². The monoisotopic (exact) mass is 326 g/mol. The minimum Gasteiger partial charge on any atom is -0.384 e. The molecule has 2 N–H and O–H groups in total. The van der Waals surface area contributed by atoms with Gasteiger partial charge in [-0.3, -0.25) is 0 Å². The van der Waals surface area contributed by atoms with E-state index in [1.54, 1.807) is 24.0 Å². The van der Waals surface area contributed by atoms with Crippen molar-refractivity contribution in [3.8, 4) is 22.4 Å². The van der Waals surface area contributed by atoms with E-state index in [9.17, 15) is 13.2 Å². The van der Waals surface area contributed by atoms with Crippen LogP contribution in [0.5, 0.6) is 0 Å². The fourth-order valence-electron chi connectivity index (χ4n) is 1.80. The molecule has 3 heterocycles. The van der Waals surface area contributed by atoms with Crippen LogP contribution in [-0.2, 0) is 13.2 Å². The number of hydrogen-bond acceptors (Lipinski definition) is 6. The smallest absolute Gasteiger partial charge is 0.384 e. The molecule has 0 aromatic carbocycles. The van der Waals surface area contributed by atoms with E-state index in [-0.39, 0.29) is 16.6 Å². The van der Waals surface area contributed by atoms with Crippen molar-refractivity contribution in [3.05, 3.63) is 29.5 Å². The van der Waals surface area contributed by atoms with E-state index in [2.05, 4.69) is 19.9 Å². The van der Waals surface area contributed by atoms with Gasteiger partial charge in [0.2, 0.25) is 0 Å². The second-order valence-electron chi connectivity index (χ2n) is 4.40. The first kappa shape index (κ1) is 14.4. The molecule has 0 unspecified atom stereocenters. The third kappa shape index (κ3) is 2.64. The highest BCUT2D eigenvalue weighted by Gasteiger charge is 2.34. The average Bonchev–Trinajstić information content (AvgIpc) is 3.05. The quantitative estimate of drug-likeness (QED) is 0.783. The molecule has 6 nitrogen and oxygen atoms in total. The van der Waals surface area contributed by atoms with Gasteiger partial charge in [-0.15, -0.1) is 11.3 Å². The summed E-state index contributed by atoms with van der Waals surface area (Å²) in [6, 6.07) is 1.50. The molecule has 0 fully saturated rings. The maximum Gasteiger partial charge on any atom is 0.434 e. The summed E-state index contributed by atoms with van der Waals surface area (Å²) in [5.74, 6) is 0.702. The Hall–Kier alpha value is -2.49. The molecule has 0 bridgehead atoms. The third-order valence-electron chi connectivity index (χ3n) is 2.78. The average molecular weight is 326 g/mol. The molecule has 0 saturated carbocycles. The Morgan fingerprint density at radius 2 is 2.00 bits per heavy atom. The summed E-state index contributed by atoms with van der Waals surface area (Å²) in [7, 11) is 1.77. The second-order valence-corrected chi connectivity index (χ2v) is 5.26. The predicted octanol–water partition coefficient (Wildman–Crippen LogP) is 2.60. The molecule has 0 aliphatic carbocycles. The van der Waals surface area contributed by atoms with Gasteiger partial charge in [-0.05, 0) is 0 Å². The number of halogens is 3. The normalized spacial score (nSPS) is 11.8. The predicted molar refractivity (Wildman–Crippen MR) is 74.8 cm³/mol. The molecule has 10 heteroatoms.